The first-order chi connectivity index (χ1) is 5.74. The summed E-state index contributed by atoms with van der Waals surface area (Å²) in [6.07, 6.45) is 1.12. The maximum atomic E-state index is 10.9. The summed E-state index contributed by atoms with van der Waals surface area (Å²) < 4.78 is 4.63. The van der Waals surface area contributed by atoms with Gasteiger partial charge in [-0.15, -0.1) is 0 Å². The Morgan fingerprint density at radius 3 is 2.83 bits per heavy atom. The zero-order chi connectivity index (χ0) is 9.40. The van der Waals surface area contributed by atoms with Gasteiger partial charge in [0.25, 0.3) is 0 Å². The number of methoxy groups -OCH3 is 1. The first-order valence-corrected chi connectivity index (χ1v) is 3.89. The summed E-state index contributed by atoms with van der Waals surface area (Å²) in [5.41, 5.74) is 0. The van der Waals surface area contributed by atoms with E-state index in [1.807, 2.05) is 13.0 Å². The highest BCUT2D eigenvalue weighted by atomic mass is 16.5. The van der Waals surface area contributed by atoms with Crippen LogP contribution in [-0.2, 0) is 9.53 Å². The van der Waals surface area contributed by atoms with Crippen molar-refractivity contribution in [3.05, 3.63) is 0 Å². The molecule has 4 heteroatoms. The molecule has 4 nitrogen and oxygen atoms in total. The Balaban J connectivity index is 3.70. The van der Waals surface area contributed by atoms with Crippen LogP contribution in [0.1, 0.15) is 19.8 Å². The van der Waals surface area contributed by atoms with E-state index >= 15 is 0 Å². The molecule has 0 aliphatic rings. The molecule has 0 aromatic heterocycles. The van der Waals surface area contributed by atoms with Crippen LogP contribution in [-0.4, -0.2) is 25.7 Å². The van der Waals surface area contributed by atoms with Gasteiger partial charge < -0.3 is 10.1 Å². The largest absolute Gasteiger partial charge is 0.375 e. The van der Waals surface area contributed by atoms with Gasteiger partial charge in [0.15, 0.2) is 0 Å². The van der Waals surface area contributed by atoms with Crippen LogP contribution in [0.3, 0.4) is 0 Å². The van der Waals surface area contributed by atoms with E-state index in [1.165, 1.54) is 7.11 Å². The molecule has 0 bridgehead atoms. The van der Waals surface area contributed by atoms with Crippen molar-refractivity contribution in [3.8, 4) is 6.07 Å². The zero-order valence-corrected chi connectivity index (χ0v) is 7.46. The van der Waals surface area contributed by atoms with Crippen LogP contribution in [0.5, 0.6) is 0 Å². The topological polar surface area (TPSA) is 62.1 Å². The number of amides is 1. The minimum atomic E-state index is -0.167. The molecular formula is C8H14N2O2. The smallest absolute Gasteiger partial charge is 0.246 e. The molecule has 1 unspecified atom stereocenters. The molecule has 0 aliphatic heterocycles. The fourth-order valence-electron chi connectivity index (χ4n) is 0.808. The first-order valence-electron chi connectivity index (χ1n) is 3.89. The number of carbonyl (C=O) groups is 1. The number of nitrogens with zero attached hydrogens (tertiary/aromatic N) is 1. The number of ether oxygens (including phenoxy) is 1. The van der Waals surface area contributed by atoms with Crippen LogP contribution >= 0.6 is 0 Å². The van der Waals surface area contributed by atoms with Gasteiger partial charge in [-0.25, -0.2) is 0 Å². The van der Waals surface area contributed by atoms with Crippen LogP contribution in [0, 0.1) is 11.3 Å². The Morgan fingerprint density at radius 2 is 2.42 bits per heavy atom. The highest BCUT2D eigenvalue weighted by Gasteiger charge is 2.08. The predicted molar refractivity (Wildman–Crippen MR) is 44.3 cm³/mol. The lowest BCUT2D eigenvalue weighted by molar-refractivity contribution is -0.125. The zero-order valence-electron chi connectivity index (χ0n) is 7.46. The van der Waals surface area contributed by atoms with Gasteiger partial charge in [-0.3, -0.25) is 4.79 Å². The van der Waals surface area contributed by atoms with Crippen molar-refractivity contribution in [1.29, 1.82) is 5.26 Å². The third kappa shape index (κ3) is 4.69. The molecule has 0 spiro atoms. The maximum Gasteiger partial charge on any atom is 0.246 e. The van der Waals surface area contributed by atoms with Crippen molar-refractivity contribution in [3.63, 3.8) is 0 Å². The van der Waals surface area contributed by atoms with Crippen LogP contribution in [0.4, 0.5) is 0 Å². The number of carbonyl (C=O) groups excluding carboxylic acids is 1. The Bertz CT molecular complexity index is 174. The lowest BCUT2D eigenvalue weighted by Crippen LogP contribution is -2.36. The molecule has 1 amide bonds. The van der Waals surface area contributed by atoms with E-state index in [0.717, 1.165) is 6.42 Å². The third-order valence-electron chi connectivity index (χ3n) is 1.47. The summed E-state index contributed by atoms with van der Waals surface area (Å²) in [5, 5.41) is 11.1. The summed E-state index contributed by atoms with van der Waals surface area (Å²) in [6.45, 7) is 1.98. The average molecular weight is 170 g/mol. The minimum Gasteiger partial charge on any atom is -0.375 e. The van der Waals surface area contributed by atoms with Gasteiger partial charge >= 0.3 is 0 Å². The number of nitriles is 1. The van der Waals surface area contributed by atoms with E-state index in [1.54, 1.807) is 0 Å². The fourth-order valence-corrected chi connectivity index (χ4v) is 0.808. The maximum absolute atomic E-state index is 10.9. The molecule has 0 fully saturated rings. The van der Waals surface area contributed by atoms with Crippen LogP contribution in [0.15, 0.2) is 0 Å². The van der Waals surface area contributed by atoms with E-state index in [9.17, 15) is 4.79 Å². The predicted octanol–water partition coefficient (Wildman–Crippen LogP) is 0.441. The molecule has 0 rings (SSSR count). The van der Waals surface area contributed by atoms with Gasteiger partial charge in [-0.05, 0) is 6.42 Å². The van der Waals surface area contributed by atoms with E-state index in [4.69, 9.17) is 5.26 Å². The fraction of sp³-hybridized carbons (Fsp3) is 0.750. The number of hydrogen-bond donors (Lipinski definition) is 1. The molecule has 0 aromatic carbocycles. The molecule has 1 N–H and O–H groups in total. The van der Waals surface area contributed by atoms with Crippen LogP contribution < -0.4 is 5.32 Å². The molecule has 0 saturated heterocycles. The normalized spacial score (nSPS) is 11.8. The molecule has 0 aromatic rings. The van der Waals surface area contributed by atoms with Crippen LogP contribution in [0.2, 0.25) is 0 Å². The molecule has 0 heterocycles. The van der Waals surface area contributed by atoms with Gasteiger partial charge in [-0.1, -0.05) is 6.92 Å². The molecule has 1 atom stereocenters. The summed E-state index contributed by atoms with van der Waals surface area (Å²) in [5.74, 6) is -0.167. The van der Waals surface area contributed by atoms with Crippen molar-refractivity contribution >= 4 is 5.91 Å². The molecular weight excluding hydrogens is 156 g/mol. The lowest BCUT2D eigenvalue weighted by atomic mass is 10.2. The van der Waals surface area contributed by atoms with E-state index in [-0.39, 0.29) is 18.6 Å². The van der Waals surface area contributed by atoms with E-state index in [2.05, 4.69) is 10.1 Å². The Labute approximate surface area is 72.5 Å². The SMILES string of the molecule is CCC(CC#N)NC(=O)COC. The highest BCUT2D eigenvalue weighted by molar-refractivity contribution is 5.77. The van der Waals surface area contributed by atoms with E-state index < -0.39 is 0 Å². The lowest BCUT2D eigenvalue weighted by Gasteiger charge is -2.12. The molecule has 12 heavy (non-hydrogen) atoms. The Kier molecular flexibility index (Phi) is 6.02. The number of nitrogens with one attached hydrogen (secondary N) is 1. The molecule has 0 saturated carbocycles. The second-order valence-electron chi connectivity index (χ2n) is 2.47. The van der Waals surface area contributed by atoms with Crippen molar-refractivity contribution < 1.29 is 9.53 Å². The quantitative estimate of drug-likeness (QED) is 0.651. The van der Waals surface area contributed by atoms with Crippen molar-refractivity contribution in [2.75, 3.05) is 13.7 Å². The molecule has 68 valence electrons. The van der Waals surface area contributed by atoms with Crippen molar-refractivity contribution in [2.45, 2.75) is 25.8 Å². The average Bonchev–Trinajstić information content (AvgIpc) is 2.04. The van der Waals surface area contributed by atoms with E-state index in [0.29, 0.717) is 6.42 Å². The summed E-state index contributed by atoms with van der Waals surface area (Å²) in [4.78, 5) is 10.9. The molecule has 0 radical (unpaired) electrons. The summed E-state index contributed by atoms with van der Waals surface area (Å²) in [6, 6.07) is 1.97. The highest BCUT2D eigenvalue weighted by Crippen LogP contribution is 1.95. The Morgan fingerprint density at radius 1 is 1.75 bits per heavy atom. The minimum absolute atomic E-state index is 0.0438. The molecule has 0 aliphatic carbocycles. The summed E-state index contributed by atoms with van der Waals surface area (Å²) >= 11 is 0. The second kappa shape index (κ2) is 6.62. The number of hydrogen-bond acceptors (Lipinski definition) is 3. The van der Waals surface area contributed by atoms with Crippen molar-refractivity contribution in [2.24, 2.45) is 0 Å². The van der Waals surface area contributed by atoms with Gasteiger partial charge in [0.1, 0.15) is 6.61 Å². The standard InChI is InChI=1S/C8H14N2O2/c1-3-7(4-5-9)10-8(11)6-12-2/h7H,3-4,6H2,1-2H3,(H,10,11). The third-order valence-corrected chi connectivity index (χ3v) is 1.47. The number of rotatable bonds is 5. The van der Waals surface area contributed by atoms with Crippen LogP contribution in [0.25, 0.3) is 0 Å². The summed E-state index contributed by atoms with van der Waals surface area (Å²) in [7, 11) is 1.46. The van der Waals surface area contributed by atoms with Gasteiger partial charge in [-0.2, -0.15) is 5.26 Å². The Hall–Kier alpha value is -1.08. The second-order valence-corrected chi connectivity index (χ2v) is 2.47. The van der Waals surface area contributed by atoms with Gasteiger partial charge in [0.05, 0.1) is 12.5 Å². The van der Waals surface area contributed by atoms with Gasteiger partial charge in [0.2, 0.25) is 5.91 Å². The van der Waals surface area contributed by atoms with Crippen molar-refractivity contribution in [1.82, 2.24) is 5.32 Å². The first kappa shape index (κ1) is 10.9. The monoisotopic (exact) mass is 170 g/mol. The van der Waals surface area contributed by atoms with Gasteiger partial charge in [0, 0.05) is 13.2 Å².